The summed E-state index contributed by atoms with van der Waals surface area (Å²) >= 11 is 3.66. The topological polar surface area (TPSA) is 53.2 Å². The minimum absolute atomic E-state index is 0.00741. The number of hydrogen-bond donors (Lipinski definition) is 1. The van der Waals surface area contributed by atoms with Gasteiger partial charge >= 0.3 is 0 Å². The van der Waals surface area contributed by atoms with Crippen LogP contribution in [0.5, 0.6) is 0 Å². The number of halogens is 1. The summed E-state index contributed by atoms with van der Waals surface area (Å²) in [5.41, 5.74) is 0.284. The molecule has 2 aliphatic rings. The normalized spacial score (nSPS) is 30.5. The molecule has 96 valence electrons. The molecule has 2 saturated heterocycles. The Morgan fingerprint density at radius 1 is 1.33 bits per heavy atom. The van der Waals surface area contributed by atoms with E-state index >= 15 is 0 Å². The van der Waals surface area contributed by atoms with E-state index in [1.54, 1.807) is 6.07 Å². The molecule has 1 aromatic rings. The third-order valence-electron chi connectivity index (χ3n) is 3.93. The minimum atomic E-state index is -0.219. The highest BCUT2D eigenvalue weighted by Gasteiger charge is 2.42. The molecular formula is C13H15BrN2O2. The maximum Gasteiger partial charge on any atom is 0.254 e. The van der Waals surface area contributed by atoms with Crippen molar-refractivity contribution < 1.29 is 4.79 Å². The van der Waals surface area contributed by atoms with Crippen molar-refractivity contribution in [1.82, 2.24) is 9.88 Å². The number of carbonyl (C=O) groups excluding carboxylic acids is 1. The third-order valence-corrected chi connectivity index (χ3v) is 4.68. The summed E-state index contributed by atoms with van der Waals surface area (Å²) in [5, 5.41) is 0. The van der Waals surface area contributed by atoms with Crippen LogP contribution in [-0.4, -0.2) is 32.7 Å². The fourth-order valence-electron chi connectivity index (χ4n) is 3.17. The molecule has 2 unspecified atom stereocenters. The van der Waals surface area contributed by atoms with Crippen LogP contribution in [0.1, 0.15) is 36.0 Å². The van der Waals surface area contributed by atoms with Crippen LogP contribution in [-0.2, 0) is 0 Å². The predicted octanol–water partition coefficient (Wildman–Crippen LogP) is 1.91. The van der Waals surface area contributed by atoms with Crippen LogP contribution in [0.3, 0.4) is 0 Å². The molecule has 0 spiro atoms. The number of nitrogens with zero attached hydrogens (tertiary/aromatic N) is 1. The van der Waals surface area contributed by atoms with Crippen LogP contribution < -0.4 is 5.56 Å². The second-order valence-electron chi connectivity index (χ2n) is 5.11. The predicted molar refractivity (Wildman–Crippen MR) is 72.0 cm³/mol. The van der Waals surface area contributed by atoms with E-state index in [4.69, 9.17) is 0 Å². The molecule has 1 aromatic heterocycles. The Morgan fingerprint density at radius 3 is 2.61 bits per heavy atom. The zero-order chi connectivity index (χ0) is 12.7. The van der Waals surface area contributed by atoms with Crippen molar-refractivity contribution in [2.45, 2.75) is 42.6 Å². The van der Waals surface area contributed by atoms with E-state index in [1.807, 2.05) is 4.90 Å². The standard InChI is InChI=1S/C13H15BrN2O2/c14-9-6-10-1-2-11(7-9)16(10)13(18)8-3-4-15-12(17)5-8/h3-5,9-11H,1-2,6-7H2,(H,15,17). The molecule has 0 aromatic carbocycles. The first-order chi connectivity index (χ1) is 8.65. The van der Waals surface area contributed by atoms with Crippen LogP contribution >= 0.6 is 15.9 Å². The molecule has 18 heavy (non-hydrogen) atoms. The molecule has 0 saturated carbocycles. The largest absolute Gasteiger partial charge is 0.333 e. The minimum Gasteiger partial charge on any atom is -0.333 e. The molecule has 2 bridgehead atoms. The maximum absolute atomic E-state index is 12.5. The maximum atomic E-state index is 12.5. The monoisotopic (exact) mass is 310 g/mol. The van der Waals surface area contributed by atoms with Crippen LogP contribution in [0.25, 0.3) is 0 Å². The Balaban J connectivity index is 1.88. The number of nitrogens with one attached hydrogen (secondary N) is 1. The fourth-order valence-corrected chi connectivity index (χ4v) is 4.03. The van der Waals surface area contributed by atoms with Gasteiger partial charge in [-0.05, 0) is 31.7 Å². The first-order valence-corrected chi connectivity index (χ1v) is 7.22. The molecule has 4 nitrogen and oxygen atoms in total. The molecule has 1 amide bonds. The van der Waals surface area contributed by atoms with Crippen LogP contribution in [0.2, 0.25) is 0 Å². The zero-order valence-electron chi connectivity index (χ0n) is 9.93. The van der Waals surface area contributed by atoms with E-state index in [0.29, 0.717) is 22.5 Å². The van der Waals surface area contributed by atoms with Crippen molar-refractivity contribution in [2.75, 3.05) is 0 Å². The first kappa shape index (κ1) is 12.0. The summed E-state index contributed by atoms with van der Waals surface area (Å²) in [6, 6.07) is 3.74. The second kappa shape index (κ2) is 4.53. The average Bonchev–Trinajstić information content (AvgIpc) is 2.61. The van der Waals surface area contributed by atoms with Crippen molar-refractivity contribution in [3.05, 3.63) is 34.2 Å². The lowest BCUT2D eigenvalue weighted by molar-refractivity contribution is 0.0603. The number of fused-ring (bicyclic) bond motifs is 2. The average molecular weight is 311 g/mol. The van der Waals surface area contributed by atoms with Gasteiger partial charge in [0.2, 0.25) is 5.56 Å². The van der Waals surface area contributed by atoms with Gasteiger partial charge in [0.25, 0.3) is 5.91 Å². The van der Waals surface area contributed by atoms with Crippen molar-refractivity contribution in [3.8, 4) is 0 Å². The van der Waals surface area contributed by atoms with Crippen molar-refractivity contribution in [1.29, 1.82) is 0 Å². The summed E-state index contributed by atoms with van der Waals surface area (Å²) in [6.45, 7) is 0. The number of aromatic amines is 1. The van der Waals surface area contributed by atoms with Crippen molar-refractivity contribution >= 4 is 21.8 Å². The molecular weight excluding hydrogens is 296 g/mol. The Labute approximate surface area is 114 Å². The number of hydrogen-bond acceptors (Lipinski definition) is 2. The van der Waals surface area contributed by atoms with Gasteiger partial charge in [-0.3, -0.25) is 9.59 Å². The molecule has 3 rings (SSSR count). The van der Waals surface area contributed by atoms with Gasteiger partial charge in [-0.25, -0.2) is 0 Å². The quantitative estimate of drug-likeness (QED) is 0.806. The lowest BCUT2D eigenvalue weighted by atomic mass is 10.0. The third kappa shape index (κ3) is 2.00. The van der Waals surface area contributed by atoms with E-state index in [9.17, 15) is 9.59 Å². The molecule has 2 atom stereocenters. The highest BCUT2D eigenvalue weighted by atomic mass is 79.9. The fraction of sp³-hybridized carbons (Fsp3) is 0.538. The summed E-state index contributed by atoms with van der Waals surface area (Å²) in [6.07, 6.45) is 5.75. The molecule has 1 N–H and O–H groups in total. The van der Waals surface area contributed by atoms with E-state index in [0.717, 1.165) is 25.7 Å². The van der Waals surface area contributed by atoms with Crippen LogP contribution in [0, 0.1) is 0 Å². The van der Waals surface area contributed by atoms with Gasteiger partial charge < -0.3 is 9.88 Å². The highest BCUT2D eigenvalue weighted by molar-refractivity contribution is 9.09. The number of H-pyrrole nitrogens is 1. The first-order valence-electron chi connectivity index (χ1n) is 6.30. The van der Waals surface area contributed by atoms with E-state index in [2.05, 4.69) is 20.9 Å². The van der Waals surface area contributed by atoms with Crippen molar-refractivity contribution in [2.24, 2.45) is 0 Å². The van der Waals surface area contributed by atoms with Gasteiger partial charge in [0.05, 0.1) is 0 Å². The second-order valence-corrected chi connectivity index (χ2v) is 6.40. The summed E-state index contributed by atoms with van der Waals surface area (Å²) in [7, 11) is 0. The number of pyridine rings is 1. The van der Waals surface area contributed by atoms with Gasteiger partial charge in [-0.2, -0.15) is 0 Å². The lowest BCUT2D eigenvalue weighted by Gasteiger charge is -2.37. The molecule has 5 heteroatoms. The number of piperidine rings is 1. The molecule has 2 fully saturated rings. The Bertz CT molecular complexity index is 514. The lowest BCUT2D eigenvalue weighted by Crippen LogP contribution is -2.47. The molecule has 2 aliphatic heterocycles. The number of rotatable bonds is 1. The summed E-state index contributed by atoms with van der Waals surface area (Å²) in [4.78, 5) is 28.8. The van der Waals surface area contributed by atoms with Gasteiger partial charge in [0.15, 0.2) is 0 Å². The van der Waals surface area contributed by atoms with Crippen LogP contribution in [0.4, 0.5) is 0 Å². The number of amides is 1. The highest BCUT2D eigenvalue weighted by Crippen LogP contribution is 2.39. The van der Waals surface area contributed by atoms with Gasteiger partial charge in [-0.1, -0.05) is 15.9 Å². The van der Waals surface area contributed by atoms with Gasteiger partial charge in [0, 0.05) is 34.7 Å². The van der Waals surface area contributed by atoms with Crippen LogP contribution in [0.15, 0.2) is 23.1 Å². The number of aromatic nitrogens is 1. The SMILES string of the molecule is O=C(c1cc[nH]c(=O)c1)N1C2CCC1CC(Br)C2. The smallest absolute Gasteiger partial charge is 0.254 e. The van der Waals surface area contributed by atoms with E-state index in [1.165, 1.54) is 12.3 Å². The number of alkyl halides is 1. The van der Waals surface area contributed by atoms with E-state index in [-0.39, 0.29) is 11.5 Å². The number of carbonyl (C=O) groups is 1. The van der Waals surface area contributed by atoms with Gasteiger partial charge in [-0.15, -0.1) is 0 Å². The molecule has 0 radical (unpaired) electrons. The summed E-state index contributed by atoms with van der Waals surface area (Å²) < 4.78 is 0. The van der Waals surface area contributed by atoms with E-state index < -0.39 is 0 Å². The Kier molecular flexibility index (Phi) is 3.01. The zero-order valence-corrected chi connectivity index (χ0v) is 11.5. The van der Waals surface area contributed by atoms with Crippen molar-refractivity contribution in [3.63, 3.8) is 0 Å². The van der Waals surface area contributed by atoms with Gasteiger partial charge in [0.1, 0.15) is 0 Å². The summed E-state index contributed by atoms with van der Waals surface area (Å²) in [5.74, 6) is 0.00741. The Hall–Kier alpha value is -1.10. The molecule has 0 aliphatic carbocycles. The molecule has 3 heterocycles. The Morgan fingerprint density at radius 2 is 2.00 bits per heavy atom.